The van der Waals surface area contributed by atoms with Crippen molar-refractivity contribution in [2.75, 3.05) is 26.2 Å². The number of halogens is 1. The minimum absolute atomic E-state index is 0.0394. The van der Waals surface area contributed by atoms with Crippen LogP contribution in [0, 0.1) is 17.2 Å². The predicted octanol–water partition coefficient (Wildman–Crippen LogP) is 4.69. The SMILES string of the molecule is O=C(CC1CC1)N[C@@H](CCN1CCC2(CC1)CC(=O)N(Cc1ccc(F)cc1)C2)c1ccccc1. The number of piperidine rings is 1. The van der Waals surface area contributed by atoms with Crippen LogP contribution in [-0.2, 0) is 16.1 Å². The highest BCUT2D eigenvalue weighted by molar-refractivity contribution is 5.79. The maximum atomic E-state index is 13.2. The molecule has 186 valence electrons. The molecule has 5 rings (SSSR count). The topological polar surface area (TPSA) is 52.7 Å². The Morgan fingerprint density at radius 1 is 1.06 bits per heavy atom. The van der Waals surface area contributed by atoms with Gasteiger partial charge in [0.2, 0.25) is 11.8 Å². The van der Waals surface area contributed by atoms with E-state index in [0.29, 0.717) is 25.3 Å². The van der Waals surface area contributed by atoms with Gasteiger partial charge in [0.25, 0.3) is 0 Å². The smallest absolute Gasteiger partial charge is 0.223 e. The summed E-state index contributed by atoms with van der Waals surface area (Å²) in [6, 6.07) is 16.8. The fourth-order valence-electron chi connectivity index (χ4n) is 5.68. The van der Waals surface area contributed by atoms with Crippen molar-refractivity contribution >= 4 is 11.8 Å². The number of benzene rings is 2. The highest BCUT2D eigenvalue weighted by Crippen LogP contribution is 2.41. The van der Waals surface area contributed by atoms with Gasteiger partial charge >= 0.3 is 0 Å². The van der Waals surface area contributed by atoms with Gasteiger partial charge < -0.3 is 15.1 Å². The van der Waals surface area contributed by atoms with E-state index >= 15 is 0 Å². The molecule has 3 aliphatic rings. The molecule has 0 radical (unpaired) electrons. The Morgan fingerprint density at radius 3 is 2.46 bits per heavy atom. The van der Waals surface area contributed by atoms with E-state index in [-0.39, 0.29) is 29.1 Å². The second kappa shape index (κ2) is 10.5. The van der Waals surface area contributed by atoms with Gasteiger partial charge in [-0.15, -0.1) is 0 Å². The summed E-state index contributed by atoms with van der Waals surface area (Å²) in [5.41, 5.74) is 2.21. The molecule has 35 heavy (non-hydrogen) atoms. The van der Waals surface area contributed by atoms with Crippen molar-refractivity contribution in [3.63, 3.8) is 0 Å². The molecule has 0 unspecified atom stereocenters. The third-order valence-electron chi connectivity index (χ3n) is 8.05. The Morgan fingerprint density at radius 2 is 1.77 bits per heavy atom. The van der Waals surface area contributed by atoms with Gasteiger partial charge in [0, 0.05) is 32.5 Å². The molecule has 3 fully saturated rings. The zero-order valence-corrected chi connectivity index (χ0v) is 20.4. The molecule has 2 aromatic rings. The van der Waals surface area contributed by atoms with Crippen LogP contribution in [0.2, 0.25) is 0 Å². The van der Waals surface area contributed by atoms with Crippen LogP contribution >= 0.6 is 0 Å². The van der Waals surface area contributed by atoms with Crippen LogP contribution in [0.25, 0.3) is 0 Å². The number of carbonyl (C=O) groups excluding carboxylic acids is 2. The van der Waals surface area contributed by atoms with E-state index in [1.807, 2.05) is 23.1 Å². The number of hydrogen-bond donors (Lipinski definition) is 1. The van der Waals surface area contributed by atoms with Gasteiger partial charge in [-0.25, -0.2) is 4.39 Å². The molecule has 1 atom stereocenters. The highest BCUT2D eigenvalue weighted by Gasteiger charge is 2.44. The Bertz CT molecular complexity index is 1010. The Labute approximate surface area is 207 Å². The van der Waals surface area contributed by atoms with Gasteiger partial charge in [0.15, 0.2) is 0 Å². The van der Waals surface area contributed by atoms with E-state index in [1.54, 1.807) is 12.1 Å². The molecule has 1 spiro atoms. The minimum atomic E-state index is -0.248. The summed E-state index contributed by atoms with van der Waals surface area (Å²) in [4.78, 5) is 29.7. The molecular formula is C29H36FN3O2. The van der Waals surface area contributed by atoms with E-state index < -0.39 is 0 Å². The van der Waals surface area contributed by atoms with Crippen molar-refractivity contribution < 1.29 is 14.0 Å². The summed E-state index contributed by atoms with van der Waals surface area (Å²) in [7, 11) is 0. The van der Waals surface area contributed by atoms with Gasteiger partial charge in [-0.05, 0) is 79.8 Å². The van der Waals surface area contributed by atoms with Crippen molar-refractivity contribution in [2.45, 2.75) is 57.5 Å². The Hall–Kier alpha value is -2.73. The van der Waals surface area contributed by atoms with Crippen LogP contribution in [0.15, 0.2) is 54.6 Å². The standard InChI is InChI=1S/C29H36FN3O2/c30-25-10-8-23(9-11-25)20-33-21-29(19-28(33)35)13-16-32(17-14-29)15-12-26(24-4-2-1-3-5-24)31-27(34)18-22-6-7-22/h1-5,8-11,22,26H,6-7,12-21H2,(H,31,34)/t26-/m0/s1. The van der Waals surface area contributed by atoms with E-state index in [0.717, 1.165) is 51.0 Å². The van der Waals surface area contributed by atoms with Crippen LogP contribution in [0.3, 0.4) is 0 Å². The van der Waals surface area contributed by atoms with Crippen molar-refractivity contribution in [1.82, 2.24) is 15.1 Å². The molecule has 1 N–H and O–H groups in total. The summed E-state index contributed by atoms with van der Waals surface area (Å²) >= 11 is 0. The van der Waals surface area contributed by atoms with Crippen molar-refractivity contribution in [1.29, 1.82) is 0 Å². The summed E-state index contributed by atoms with van der Waals surface area (Å²) < 4.78 is 13.2. The number of likely N-dealkylation sites (tertiary alicyclic amines) is 2. The lowest BCUT2D eigenvalue weighted by molar-refractivity contribution is -0.128. The Kier molecular flexibility index (Phi) is 7.19. The average Bonchev–Trinajstić information content (AvgIpc) is 3.62. The minimum Gasteiger partial charge on any atom is -0.349 e. The monoisotopic (exact) mass is 477 g/mol. The summed E-state index contributed by atoms with van der Waals surface area (Å²) in [5, 5.41) is 3.29. The third kappa shape index (κ3) is 6.29. The molecule has 2 amide bonds. The zero-order valence-electron chi connectivity index (χ0n) is 20.4. The summed E-state index contributed by atoms with van der Waals surface area (Å²) in [5.74, 6) is 0.721. The number of amides is 2. The molecule has 2 aliphatic heterocycles. The lowest BCUT2D eigenvalue weighted by atomic mass is 9.77. The number of hydrogen-bond acceptors (Lipinski definition) is 3. The zero-order chi connectivity index (χ0) is 24.3. The van der Waals surface area contributed by atoms with Crippen LogP contribution in [0.4, 0.5) is 4.39 Å². The second-order valence-electron chi connectivity index (χ2n) is 10.9. The number of carbonyl (C=O) groups is 2. The largest absolute Gasteiger partial charge is 0.349 e. The van der Waals surface area contributed by atoms with E-state index in [2.05, 4.69) is 22.3 Å². The maximum absolute atomic E-state index is 13.2. The number of rotatable bonds is 9. The van der Waals surface area contributed by atoms with Gasteiger partial charge in [0.05, 0.1) is 6.04 Å². The van der Waals surface area contributed by atoms with Gasteiger partial charge in [-0.3, -0.25) is 9.59 Å². The second-order valence-corrected chi connectivity index (χ2v) is 10.9. The molecular weight excluding hydrogens is 441 g/mol. The summed E-state index contributed by atoms with van der Waals surface area (Å²) in [6.45, 7) is 4.25. The van der Waals surface area contributed by atoms with Crippen molar-refractivity contribution in [3.05, 3.63) is 71.5 Å². The van der Waals surface area contributed by atoms with Crippen LogP contribution in [0.1, 0.15) is 62.1 Å². The van der Waals surface area contributed by atoms with Gasteiger partial charge in [-0.2, -0.15) is 0 Å². The third-order valence-corrected chi connectivity index (χ3v) is 8.05. The molecule has 5 nitrogen and oxygen atoms in total. The molecule has 1 saturated carbocycles. The average molecular weight is 478 g/mol. The molecule has 2 saturated heterocycles. The molecule has 2 aromatic carbocycles. The molecule has 2 heterocycles. The van der Waals surface area contributed by atoms with Gasteiger partial charge in [-0.1, -0.05) is 42.5 Å². The number of nitrogens with one attached hydrogen (secondary N) is 1. The van der Waals surface area contributed by atoms with E-state index in [9.17, 15) is 14.0 Å². The molecule has 0 bridgehead atoms. The fourth-order valence-corrected chi connectivity index (χ4v) is 5.68. The first-order valence-corrected chi connectivity index (χ1v) is 13.1. The highest BCUT2D eigenvalue weighted by atomic mass is 19.1. The quantitative estimate of drug-likeness (QED) is 0.570. The van der Waals surface area contributed by atoms with Gasteiger partial charge in [0.1, 0.15) is 5.82 Å². The van der Waals surface area contributed by atoms with Crippen molar-refractivity contribution in [3.8, 4) is 0 Å². The van der Waals surface area contributed by atoms with E-state index in [4.69, 9.17) is 0 Å². The lowest BCUT2D eigenvalue weighted by Gasteiger charge is -2.39. The van der Waals surface area contributed by atoms with Crippen LogP contribution in [0.5, 0.6) is 0 Å². The first kappa shape index (κ1) is 24.0. The van der Waals surface area contributed by atoms with Crippen molar-refractivity contribution in [2.24, 2.45) is 11.3 Å². The van der Waals surface area contributed by atoms with Crippen LogP contribution < -0.4 is 5.32 Å². The van der Waals surface area contributed by atoms with Crippen LogP contribution in [-0.4, -0.2) is 47.8 Å². The first-order chi connectivity index (χ1) is 17.0. The first-order valence-electron chi connectivity index (χ1n) is 13.1. The summed E-state index contributed by atoms with van der Waals surface area (Å²) in [6.07, 6.45) is 6.56. The number of nitrogens with zero attached hydrogens (tertiary/aromatic N) is 2. The molecule has 0 aromatic heterocycles. The fraction of sp³-hybridized carbons (Fsp3) is 0.517. The lowest BCUT2D eigenvalue weighted by Crippen LogP contribution is -2.42. The maximum Gasteiger partial charge on any atom is 0.223 e. The molecule has 1 aliphatic carbocycles. The molecule has 6 heteroatoms. The normalized spacial score (nSPS) is 20.8. The predicted molar refractivity (Wildman–Crippen MR) is 134 cm³/mol. The Balaban J connectivity index is 1.12. The van der Waals surface area contributed by atoms with E-state index in [1.165, 1.54) is 30.5 Å².